The van der Waals surface area contributed by atoms with Gasteiger partial charge in [-0.3, -0.25) is 4.79 Å². The molecule has 0 bridgehead atoms. The normalized spacial score (nSPS) is 15.1. The summed E-state index contributed by atoms with van der Waals surface area (Å²) in [4.78, 5) is 26.9. The van der Waals surface area contributed by atoms with Crippen molar-refractivity contribution in [3.8, 4) is 11.5 Å². The molecule has 1 aliphatic rings. The number of rotatable bonds is 5. The Balaban J connectivity index is 1.94. The number of methoxy groups -OCH3 is 1. The third-order valence-corrected chi connectivity index (χ3v) is 4.06. The quantitative estimate of drug-likeness (QED) is 0.879. The number of benzene rings is 1. The molecule has 1 saturated heterocycles. The number of nitrogens with zero attached hydrogens (tertiary/aromatic N) is 2. The highest BCUT2D eigenvalue weighted by Gasteiger charge is 2.21. The Labute approximate surface area is 148 Å². The zero-order valence-electron chi connectivity index (χ0n) is 14.7. The first-order chi connectivity index (χ1) is 12.0. The van der Waals surface area contributed by atoms with Crippen molar-refractivity contribution >= 4 is 18.0 Å². The summed E-state index contributed by atoms with van der Waals surface area (Å²) in [5.41, 5.74) is 6.30. The summed E-state index contributed by atoms with van der Waals surface area (Å²) in [7, 11) is 1.57. The molecule has 25 heavy (non-hydrogen) atoms. The second kappa shape index (κ2) is 8.96. The van der Waals surface area contributed by atoms with Gasteiger partial charge in [-0.15, -0.1) is 0 Å². The molecule has 0 unspecified atom stereocenters. The van der Waals surface area contributed by atoms with E-state index in [1.807, 2.05) is 31.2 Å². The SMILES string of the molecule is C/C=C\c1ccc(OCC(=O)N2CCCN(C(N)=O)CC2)c(OC)c1. The van der Waals surface area contributed by atoms with E-state index >= 15 is 0 Å². The van der Waals surface area contributed by atoms with Crippen LogP contribution in [-0.4, -0.2) is 61.6 Å². The maximum absolute atomic E-state index is 12.4. The molecule has 2 rings (SSSR count). The number of urea groups is 1. The van der Waals surface area contributed by atoms with Gasteiger partial charge < -0.3 is 25.0 Å². The largest absolute Gasteiger partial charge is 0.493 e. The minimum Gasteiger partial charge on any atom is -0.493 e. The monoisotopic (exact) mass is 347 g/mol. The second-order valence-electron chi connectivity index (χ2n) is 5.76. The van der Waals surface area contributed by atoms with E-state index in [2.05, 4.69) is 0 Å². The highest BCUT2D eigenvalue weighted by Crippen LogP contribution is 2.28. The van der Waals surface area contributed by atoms with Crippen LogP contribution in [0.1, 0.15) is 18.9 Å². The Morgan fingerprint density at radius 2 is 1.88 bits per heavy atom. The number of carbonyl (C=O) groups is 2. The van der Waals surface area contributed by atoms with Crippen LogP contribution in [0.25, 0.3) is 6.08 Å². The van der Waals surface area contributed by atoms with Crippen molar-refractivity contribution < 1.29 is 19.1 Å². The Hall–Kier alpha value is -2.70. The van der Waals surface area contributed by atoms with Crippen LogP contribution >= 0.6 is 0 Å². The van der Waals surface area contributed by atoms with E-state index in [-0.39, 0.29) is 12.5 Å². The number of allylic oxidation sites excluding steroid dienone is 1. The molecule has 0 aromatic heterocycles. The average molecular weight is 347 g/mol. The number of primary amides is 1. The molecule has 1 aromatic carbocycles. The fourth-order valence-electron chi connectivity index (χ4n) is 2.72. The standard InChI is InChI=1S/C18H25N3O4/c1-3-5-14-6-7-15(16(12-14)24-2)25-13-17(22)20-8-4-9-21(11-10-20)18(19)23/h3,5-7,12H,4,8-11,13H2,1-2H3,(H2,19,23)/b5-3-. The van der Waals surface area contributed by atoms with Gasteiger partial charge in [0, 0.05) is 26.2 Å². The first kappa shape index (κ1) is 18.6. The fraction of sp³-hybridized carbons (Fsp3) is 0.444. The molecular weight excluding hydrogens is 322 g/mol. The Morgan fingerprint density at radius 3 is 2.56 bits per heavy atom. The summed E-state index contributed by atoms with van der Waals surface area (Å²) in [5.74, 6) is 0.989. The Kier molecular flexibility index (Phi) is 6.68. The number of nitrogens with two attached hydrogens (primary N) is 1. The summed E-state index contributed by atoms with van der Waals surface area (Å²) in [6.07, 6.45) is 4.60. The van der Waals surface area contributed by atoms with E-state index in [1.165, 1.54) is 0 Å². The van der Waals surface area contributed by atoms with Crippen molar-refractivity contribution in [2.24, 2.45) is 5.73 Å². The van der Waals surface area contributed by atoms with E-state index in [0.29, 0.717) is 44.1 Å². The van der Waals surface area contributed by atoms with Crippen LogP contribution in [0.4, 0.5) is 4.79 Å². The van der Waals surface area contributed by atoms with Crippen LogP contribution in [0.15, 0.2) is 24.3 Å². The smallest absolute Gasteiger partial charge is 0.314 e. The zero-order chi connectivity index (χ0) is 18.2. The van der Waals surface area contributed by atoms with Gasteiger partial charge in [-0.05, 0) is 31.0 Å². The number of ether oxygens (including phenoxy) is 2. The van der Waals surface area contributed by atoms with Crippen LogP contribution < -0.4 is 15.2 Å². The van der Waals surface area contributed by atoms with Crippen LogP contribution in [0, 0.1) is 0 Å². The Bertz CT molecular complexity index is 645. The average Bonchev–Trinajstić information content (AvgIpc) is 2.86. The molecule has 0 aliphatic carbocycles. The predicted molar refractivity (Wildman–Crippen MR) is 95.6 cm³/mol. The van der Waals surface area contributed by atoms with Gasteiger partial charge in [0.2, 0.25) is 0 Å². The summed E-state index contributed by atoms with van der Waals surface area (Å²) < 4.78 is 11.0. The lowest BCUT2D eigenvalue weighted by molar-refractivity contribution is -0.133. The van der Waals surface area contributed by atoms with E-state index in [1.54, 1.807) is 23.0 Å². The van der Waals surface area contributed by atoms with Crippen molar-refractivity contribution in [1.29, 1.82) is 0 Å². The van der Waals surface area contributed by atoms with Gasteiger partial charge in [0.05, 0.1) is 7.11 Å². The van der Waals surface area contributed by atoms with E-state index in [0.717, 1.165) is 5.56 Å². The van der Waals surface area contributed by atoms with Crippen molar-refractivity contribution in [3.63, 3.8) is 0 Å². The summed E-state index contributed by atoms with van der Waals surface area (Å²) in [6.45, 7) is 3.93. The maximum atomic E-state index is 12.4. The lowest BCUT2D eigenvalue weighted by Crippen LogP contribution is -2.40. The van der Waals surface area contributed by atoms with E-state index in [4.69, 9.17) is 15.2 Å². The van der Waals surface area contributed by atoms with Gasteiger partial charge in [0.15, 0.2) is 18.1 Å². The fourth-order valence-corrected chi connectivity index (χ4v) is 2.72. The maximum Gasteiger partial charge on any atom is 0.314 e. The van der Waals surface area contributed by atoms with E-state index in [9.17, 15) is 9.59 Å². The molecular formula is C18H25N3O4. The topological polar surface area (TPSA) is 85.1 Å². The van der Waals surface area contributed by atoms with Gasteiger partial charge in [-0.1, -0.05) is 18.2 Å². The molecule has 1 aromatic rings. The number of hydrogen-bond donors (Lipinski definition) is 1. The minimum absolute atomic E-state index is 0.0735. The lowest BCUT2D eigenvalue weighted by atomic mass is 10.2. The lowest BCUT2D eigenvalue weighted by Gasteiger charge is -2.21. The number of amides is 3. The van der Waals surface area contributed by atoms with Crippen molar-refractivity contribution in [2.75, 3.05) is 39.9 Å². The molecule has 0 atom stereocenters. The Morgan fingerprint density at radius 1 is 1.16 bits per heavy atom. The third-order valence-electron chi connectivity index (χ3n) is 4.06. The minimum atomic E-state index is -0.448. The van der Waals surface area contributed by atoms with E-state index < -0.39 is 6.03 Å². The van der Waals surface area contributed by atoms with Gasteiger partial charge in [-0.25, -0.2) is 4.79 Å². The molecule has 0 radical (unpaired) electrons. The summed E-state index contributed by atoms with van der Waals surface area (Å²) in [6, 6.07) is 5.10. The second-order valence-corrected chi connectivity index (χ2v) is 5.76. The molecule has 0 saturated carbocycles. The summed E-state index contributed by atoms with van der Waals surface area (Å²) in [5, 5.41) is 0. The van der Waals surface area contributed by atoms with Crippen molar-refractivity contribution in [2.45, 2.75) is 13.3 Å². The predicted octanol–water partition coefficient (Wildman–Crippen LogP) is 1.72. The molecule has 7 nitrogen and oxygen atoms in total. The molecule has 1 heterocycles. The summed E-state index contributed by atoms with van der Waals surface area (Å²) >= 11 is 0. The van der Waals surface area contributed by atoms with Gasteiger partial charge in [-0.2, -0.15) is 0 Å². The molecule has 2 N–H and O–H groups in total. The van der Waals surface area contributed by atoms with Crippen molar-refractivity contribution in [3.05, 3.63) is 29.8 Å². The molecule has 0 spiro atoms. The molecule has 1 aliphatic heterocycles. The molecule has 7 heteroatoms. The third kappa shape index (κ3) is 5.14. The van der Waals surface area contributed by atoms with Crippen LogP contribution in [0.2, 0.25) is 0 Å². The molecule has 1 fully saturated rings. The highest BCUT2D eigenvalue weighted by molar-refractivity contribution is 5.78. The first-order valence-electron chi connectivity index (χ1n) is 8.31. The van der Waals surface area contributed by atoms with Crippen LogP contribution in [-0.2, 0) is 4.79 Å². The number of carbonyl (C=O) groups excluding carboxylic acids is 2. The first-order valence-corrected chi connectivity index (χ1v) is 8.31. The van der Waals surface area contributed by atoms with Gasteiger partial charge in [0.25, 0.3) is 5.91 Å². The highest BCUT2D eigenvalue weighted by atomic mass is 16.5. The number of hydrogen-bond acceptors (Lipinski definition) is 4. The van der Waals surface area contributed by atoms with Crippen molar-refractivity contribution in [1.82, 2.24) is 9.80 Å². The molecule has 136 valence electrons. The van der Waals surface area contributed by atoms with Gasteiger partial charge >= 0.3 is 6.03 Å². The van der Waals surface area contributed by atoms with Gasteiger partial charge in [0.1, 0.15) is 0 Å². The van der Waals surface area contributed by atoms with Crippen LogP contribution in [0.3, 0.4) is 0 Å². The van der Waals surface area contributed by atoms with Crippen LogP contribution in [0.5, 0.6) is 11.5 Å². The zero-order valence-corrected chi connectivity index (χ0v) is 14.7. The molecule has 3 amide bonds.